The third-order valence-corrected chi connectivity index (χ3v) is 3.82. The minimum atomic E-state index is -0.110. The minimum absolute atomic E-state index is 0.0621. The maximum absolute atomic E-state index is 12.1. The molecular formula is C17H16ClN3O. The van der Waals surface area contributed by atoms with Crippen molar-refractivity contribution in [2.24, 2.45) is 0 Å². The fourth-order valence-corrected chi connectivity index (χ4v) is 2.41. The summed E-state index contributed by atoms with van der Waals surface area (Å²) >= 11 is 5.87. The van der Waals surface area contributed by atoms with Gasteiger partial charge in [0.15, 0.2) is 0 Å². The lowest BCUT2D eigenvalue weighted by molar-refractivity contribution is 0.546. The number of nitrogens with one attached hydrogen (secondary N) is 2. The van der Waals surface area contributed by atoms with Gasteiger partial charge in [-0.3, -0.25) is 4.79 Å². The molecule has 2 N–H and O–H groups in total. The number of benzene rings is 2. The summed E-state index contributed by atoms with van der Waals surface area (Å²) in [6.45, 7) is 2.65. The van der Waals surface area contributed by atoms with Gasteiger partial charge in [-0.1, -0.05) is 35.9 Å². The zero-order chi connectivity index (χ0) is 15.5. The van der Waals surface area contributed by atoms with Crippen molar-refractivity contribution >= 4 is 22.5 Å². The first-order valence-corrected chi connectivity index (χ1v) is 7.48. The first-order valence-electron chi connectivity index (χ1n) is 7.10. The Morgan fingerprint density at radius 2 is 1.91 bits per heavy atom. The van der Waals surface area contributed by atoms with E-state index in [0.717, 1.165) is 10.6 Å². The molecule has 0 aliphatic heterocycles. The van der Waals surface area contributed by atoms with Gasteiger partial charge in [-0.05, 0) is 36.8 Å². The number of H-pyrrole nitrogens is 1. The Morgan fingerprint density at radius 3 is 2.68 bits per heavy atom. The maximum Gasteiger partial charge on any atom is 0.258 e. The van der Waals surface area contributed by atoms with E-state index in [4.69, 9.17) is 11.6 Å². The van der Waals surface area contributed by atoms with Crippen molar-refractivity contribution in [2.75, 3.05) is 0 Å². The molecule has 22 heavy (non-hydrogen) atoms. The highest BCUT2D eigenvalue weighted by Crippen LogP contribution is 2.13. The third-order valence-electron chi connectivity index (χ3n) is 3.57. The number of aromatic nitrogens is 2. The Hall–Kier alpha value is -2.17. The van der Waals surface area contributed by atoms with E-state index >= 15 is 0 Å². The van der Waals surface area contributed by atoms with Crippen LogP contribution in [0.5, 0.6) is 0 Å². The van der Waals surface area contributed by atoms with Gasteiger partial charge in [-0.25, -0.2) is 4.98 Å². The van der Waals surface area contributed by atoms with Crippen molar-refractivity contribution in [2.45, 2.75) is 19.5 Å². The van der Waals surface area contributed by atoms with E-state index in [2.05, 4.69) is 15.3 Å². The molecule has 1 heterocycles. The van der Waals surface area contributed by atoms with Crippen LogP contribution in [-0.2, 0) is 6.54 Å². The maximum atomic E-state index is 12.1. The van der Waals surface area contributed by atoms with Crippen molar-refractivity contribution in [3.63, 3.8) is 0 Å². The summed E-state index contributed by atoms with van der Waals surface area (Å²) in [5, 5.41) is 4.68. The molecule has 0 radical (unpaired) electrons. The van der Waals surface area contributed by atoms with E-state index in [1.54, 1.807) is 6.07 Å². The first kappa shape index (κ1) is 14.8. The van der Waals surface area contributed by atoms with Crippen LogP contribution in [0.15, 0.2) is 53.3 Å². The lowest BCUT2D eigenvalue weighted by atomic mass is 10.2. The Morgan fingerprint density at radius 1 is 1.18 bits per heavy atom. The van der Waals surface area contributed by atoms with E-state index < -0.39 is 0 Å². The molecule has 0 saturated heterocycles. The standard InChI is InChI=1S/C17H16ClN3O/c1-11(19-10-12-6-8-13(18)9-7-12)16-20-15-5-3-2-4-14(15)17(22)21-16/h2-9,11,19H,10H2,1H3,(H,20,21,22)/t11-/m1/s1. The zero-order valence-electron chi connectivity index (χ0n) is 12.1. The van der Waals surface area contributed by atoms with Gasteiger partial charge in [-0.2, -0.15) is 0 Å². The summed E-state index contributed by atoms with van der Waals surface area (Å²) in [4.78, 5) is 19.4. The van der Waals surface area contributed by atoms with Gasteiger partial charge in [0.1, 0.15) is 5.82 Å². The Balaban J connectivity index is 1.78. The van der Waals surface area contributed by atoms with Gasteiger partial charge in [0.05, 0.1) is 16.9 Å². The molecule has 0 unspecified atom stereocenters. The summed E-state index contributed by atoms with van der Waals surface area (Å²) < 4.78 is 0. The lowest BCUT2D eigenvalue weighted by Gasteiger charge is -2.13. The Kier molecular flexibility index (Phi) is 4.22. The van der Waals surface area contributed by atoms with Crippen LogP contribution in [0.4, 0.5) is 0 Å². The number of hydrogen-bond acceptors (Lipinski definition) is 3. The van der Waals surface area contributed by atoms with E-state index in [0.29, 0.717) is 23.3 Å². The number of aromatic amines is 1. The highest BCUT2D eigenvalue weighted by molar-refractivity contribution is 6.30. The molecule has 2 aromatic carbocycles. The van der Waals surface area contributed by atoms with Crippen molar-refractivity contribution in [3.05, 3.63) is 75.3 Å². The molecule has 0 bridgehead atoms. The van der Waals surface area contributed by atoms with Gasteiger partial charge in [0.25, 0.3) is 5.56 Å². The van der Waals surface area contributed by atoms with Crippen LogP contribution >= 0.6 is 11.6 Å². The van der Waals surface area contributed by atoms with Crippen molar-refractivity contribution in [1.82, 2.24) is 15.3 Å². The van der Waals surface area contributed by atoms with Crippen LogP contribution in [0.2, 0.25) is 5.02 Å². The number of para-hydroxylation sites is 1. The Bertz CT molecular complexity index is 842. The average molecular weight is 314 g/mol. The highest BCUT2D eigenvalue weighted by Gasteiger charge is 2.10. The molecule has 0 aliphatic rings. The topological polar surface area (TPSA) is 57.8 Å². The quantitative estimate of drug-likeness (QED) is 0.776. The molecule has 1 aromatic heterocycles. The van der Waals surface area contributed by atoms with Crippen LogP contribution in [0.3, 0.4) is 0 Å². The molecule has 0 spiro atoms. The summed E-state index contributed by atoms with van der Waals surface area (Å²) in [6.07, 6.45) is 0. The fourth-order valence-electron chi connectivity index (χ4n) is 2.28. The van der Waals surface area contributed by atoms with E-state index in [1.165, 1.54) is 0 Å². The predicted octanol–water partition coefficient (Wildman–Crippen LogP) is 3.43. The van der Waals surface area contributed by atoms with E-state index in [9.17, 15) is 4.79 Å². The van der Waals surface area contributed by atoms with Gasteiger partial charge in [0.2, 0.25) is 0 Å². The van der Waals surface area contributed by atoms with Crippen molar-refractivity contribution in [3.8, 4) is 0 Å². The molecule has 0 aliphatic carbocycles. The molecule has 1 atom stereocenters. The van der Waals surface area contributed by atoms with Crippen LogP contribution < -0.4 is 10.9 Å². The monoisotopic (exact) mass is 313 g/mol. The van der Waals surface area contributed by atoms with Gasteiger partial charge in [-0.15, -0.1) is 0 Å². The molecule has 0 amide bonds. The first-order chi connectivity index (χ1) is 10.6. The van der Waals surface area contributed by atoms with Crippen LogP contribution in [0, 0.1) is 0 Å². The average Bonchev–Trinajstić information content (AvgIpc) is 2.54. The van der Waals surface area contributed by atoms with E-state index in [1.807, 2.05) is 49.4 Å². The molecule has 112 valence electrons. The normalized spacial score (nSPS) is 12.5. The van der Waals surface area contributed by atoms with E-state index in [-0.39, 0.29) is 11.6 Å². The fraction of sp³-hybridized carbons (Fsp3) is 0.176. The third kappa shape index (κ3) is 3.18. The molecule has 0 saturated carbocycles. The summed E-state index contributed by atoms with van der Waals surface area (Å²) in [5.74, 6) is 0.637. The zero-order valence-corrected chi connectivity index (χ0v) is 12.9. The minimum Gasteiger partial charge on any atom is -0.309 e. The smallest absolute Gasteiger partial charge is 0.258 e. The largest absolute Gasteiger partial charge is 0.309 e. The molecular weight excluding hydrogens is 298 g/mol. The second-order valence-corrected chi connectivity index (χ2v) is 5.63. The predicted molar refractivity (Wildman–Crippen MR) is 89.1 cm³/mol. The highest BCUT2D eigenvalue weighted by atomic mass is 35.5. The van der Waals surface area contributed by atoms with Crippen LogP contribution in [-0.4, -0.2) is 9.97 Å². The number of hydrogen-bond donors (Lipinski definition) is 2. The van der Waals surface area contributed by atoms with Crippen LogP contribution in [0.1, 0.15) is 24.4 Å². The Labute approximate surface area is 133 Å². The van der Waals surface area contributed by atoms with Gasteiger partial charge >= 0.3 is 0 Å². The number of nitrogens with zero attached hydrogens (tertiary/aromatic N) is 1. The SMILES string of the molecule is C[C@@H](NCc1ccc(Cl)cc1)c1nc2ccccc2c(=O)[nH]1. The number of rotatable bonds is 4. The number of fused-ring (bicyclic) bond motifs is 1. The summed E-state index contributed by atoms with van der Waals surface area (Å²) in [5.41, 5.74) is 1.72. The second kappa shape index (κ2) is 6.30. The van der Waals surface area contributed by atoms with Crippen molar-refractivity contribution < 1.29 is 0 Å². The molecule has 5 heteroatoms. The number of halogens is 1. The molecule has 3 aromatic rings. The summed E-state index contributed by atoms with van der Waals surface area (Å²) in [6, 6.07) is 14.9. The van der Waals surface area contributed by atoms with Gasteiger partial charge in [0, 0.05) is 11.6 Å². The van der Waals surface area contributed by atoms with Crippen molar-refractivity contribution in [1.29, 1.82) is 0 Å². The van der Waals surface area contributed by atoms with Gasteiger partial charge < -0.3 is 10.3 Å². The molecule has 4 nitrogen and oxygen atoms in total. The van der Waals surface area contributed by atoms with Crippen LogP contribution in [0.25, 0.3) is 10.9 Å². The summed E-state index contributed by atoms with van der Waals surface area (Å²) in [7, 11) is 0. The molecule has 0 fully saturated rings. The second-order valence-electron chi connectivity index (χ2n) is 5.20. The lowest BCUT2D eigenvalue weighted by Crippen LogP contribution is -2.23. The molecule has 3 rings (SSSR count).